The number of para-hydroxylation sites is 2. The van der Waals surface area contributed by atoms with Gasteiger partial charge in [0.05, 0.1) is 11.4 Å². The molecule has 0 bridgehead atoms. The maximum absolute atomic E-state index is 13.2. The lowest BCUT2D eigenvalue weighted by Gasteiger charge is -2.16. The standard InChI is InChI=1S/C23H18FN3O2S/c24-16-11-13-19(14-12-16)27-21(28)15-20(22(27)29)30-23(25-17-7-3-1-4-8-17)26-18-9-5-2-6-10-18/h1-14,20H,15H2,(H,25,26)/t20-/m0/s1. The first-order chi connectivity index (χ1) is 14.6. The van der Waals surface area contributed by atoms with E-state index in [0.29, 0.717) is 10.9 Å². The highest BCUT2D eigenvalue weighted by Crippen LogP contribution is 2.31. The van der Waals surface area contributed by atoms with Gasteiger partial charge in [-0.2, -0.15) is 0 Å². The van der Waals surface area contributed by atoms with Crippen molar-refractivity contribution >= 4 is 45.8 Å². The number of halogens is 1. The van der Waals surface area contributed by atoms with E-state index in [-0.39, 0.29) is 18.2 Å². The molecule has 7 heteroatoms. The Kier molecular flexibility index (Phi) is 5.90. The normalized spacial score (nSPS) is 16.8. The summed E-state index contributed by atoms with van der Waals surface area (Å²) in [7, 11) is 0. The molecule has 1 atom stereocenters. The smallest absolute Gasteiger partial charge is 0.247 e. The number of benzene rings is 3. The van der Waals surface area contributed by atoms with E-state index >= 15 is 0 Å². The summed E-state index contributed by atoms with van der Waals surface area (Å²) in [5.41, 5.74) is 1.93. The van der Waals surface area contributed by atoms with Gasteiger partial charge in [0.1, 0.15) is 11.1 Å². The minimum Gasteiger partial charge on any atom is -0.335 e. The lowest BCUT2D eigenvalue weighted by Crippen LogP contribution is -2.31. The molecule has 0 radical (unpaired) electrons. The molecule has 150 valence electrons. The van der Waals surface area contributed by atoms with E-state index in [1.54, 1.807) is 0 Å². The van der Waals surface area contributed by atoms with E-state index in [2.05, 4.69) is 10.3 Å². The van der Waals surface area contributed by atoms with Crippen LogP contribution in [0.25, 0.3) is 0 Å². The number of thioether (sulfide) groups is 1. The van der Waals surface area contributed by atoms with Gasteiger partial charge in [0.25, 0.3) is 0 Å². The Morgan fingerprint density at radius 2 is 1.57 bits per heavy atom. The van der Waals surface area contributed by atoms with Gasteiger partial charge in [-0.1, -0.05) is 48.2 Å². The average Bonchev–Trinajstić information content (AvgIpc) is 3.03. The zero-order chi connectivity index (χ0) is 20.9. The van der Waals surface area contributed by atoms with Crippen molar-refractivity contribution in [2.24, 2.45) is 4.99 Å². The number of aliphatic imine (C=N–C) groups is 1. The molecule has 1 aliphatic heterocycles. The predicted molar refractivity (Wildman–Crippen MR) is 118 cm³/mol. The molecule has 0 saturated carbocycles. The lowest BCUT2D eigenvalue weighted by atomic mass is 10.3. The van der Waals surface area contributed by atoms with Crippen LogP contribution in [0.4, 0.5) is 21.5 Å². The molecule has 0 aliphatic carbocycles. The number of carbonyl (C=O) groups is 2. The second-order valence-electron chi connectivity index (χ2n) is 6.60. The number of amidine groups is 1. The molecule has 1 N–H and O–H groups in total. The quantitative estimate of drug-likeness (QED) is 0.368. The van der Waals surface area contributed by atoms with Crippen LogP contribution < -0.4 is 10.2 Å². The number of anilines is 2. The number of carbonyl (C=O) groups excluding carboxylic acids is 2. The molecule has 1 heterocycles. The molecule has 5 nitrogen and oxygen atoms in total. The first-order valence-corrected chi connectivity index (χ1v) is 10.2. The molecule has 0 aromatic heterocycles. The van der Waals surface area contributed by atoms with Crippen LogP contribution in [-0.4, -0.2) is 22.2 Å². The summed E-state index contributed by atoms with van der Waals surface area (Å²) in [5, 5.41) is 3.12. The van der Waals surface area contributed by atoms with Gasteiger partial charge in [0.15, 0.2) is 5.17 Å². The van der Waals surface area contributed by atoms with Gasteiger partial charge in [0, 0.05) is 12.1 Å². The largest absolute Gasteiger partial charge is 0.335 e. The van der Waals surface area contributed by atoms with Crippen LogP contribution in [0.3, 0.4) is 0 Å². The van der Waals surface area contributed by atoms with E-state index in [9.17, 15) is 14.0 Å². The number of imide groups is 1. The van der Waals surface area contributed by atoms with Crippen LogP contribution in [0.15, 0.2) is 89.9 Å². The fourth-order valence-electron chi connectivity index (χ4n) is 3.04. The van der Waals surface area contributed by atoms with E-state index in [4.69, 9.17) is 0 Å². The van der Waals surface area contributed by atoms with Gasteiger partial charge < -0.3 is 5.32 Å². The molecular formula is C23H18FN3O2S. The number of hydrogen-bond donors (Lipinski definition) is 1. The molecule has 1 saturated heterocycles. The first kappa shape index (κ1) is 19.8. The molecule has 0 unspecified atom stereocenters. The summed E-state index contributed by atoms with van der Waals surface area (Å²) < 4.78 is 13.2. The summed E-state index contributed by atoms with van der Waals surface area (Å²) in [6.45, 7) is 0. The third kappa shape index (κ3) is 4.58. The molecule has 0 spiro atoms. The van der Waals surface area contributed by atoms with Crippen LogP contribution in [0.1, 0.15) is 6.42 Å². The summed E-state index contributed by atoms with van der Waals surface area (Å²) in [5.74, 6) is -1.08. The van der Waals surface area contributed by atoms with Crippen LogP contribution in [-0.2, 0) is 9.59 Å². The van der Waals surface area contributed by atoms with Crippen LogP contribution in [0, 0.1) is 5.82 Å². The van der Waals surface area contributed by atoms with Crippen molar-refractivity contribution in [1.29, 1.82) is 0 Å². The van der Waals surface area contributed by atoms with Crippen LogP contribution in [0.2, 0.25) is 0 Å². The fraction of sp³-hybridized carbons (Fsp3) is 0.0870. The SMILES string of the molecule is O=C1C[C@H](SC(=Nc2ccccc2)Nc2ccccc2)C(=O)N1c1ccc(F)cc1. The van der Waals surface area contributed by atoms with E-state index in [1.807, 2.05) is 60.7 Å². The average molecular weight is 419 g/mol. The molecule has 2 amide bonds. The Hall–Kier alpha value is -3.45. The fourth-order valence-corrected chi connectivity index (χ4v) is 4.08. The Bertz CT molecular complexity index is 1070. The van der Waals surface area contributed by atoms with Crippen molar-refractivity contribution < 1.29 is 14.0 Å². The molecule has 30 heavy (non-hydrogen) atoms. The zero-order valence-electron chi connectivity index (χ0n) is 15.9. The highest BCUT2D eigenvalue weighted by molar-refractivity contribution is 8.15. The molecule has 1 aliphatic rings. The molecule has 3 aromatic rings. The number of nitrogens with one attached hydrogen (secondary N) is 1. The summed E-state index contributed by atoms with van der Waals surface area (Å²) in [6.07, 6.45) is 0.0468. The maximum atomic E-state index is 13.2. The van der Waals surface area contributed by atoms with E-state index in [0.717, 1.165) is 16.3 Å². The third-order valence-electron chi connectivity index (χ3n) is 4.46. The van der Waals surface area contributed by atoms with Crippen LogP contribution in [0.5, 0.6) is 0 Å². The Labute approximate surface area is 177 Å². The van der Waals surface area contributed by atoms with Crippen molar-refractivity contribution in [2.45, 2.75) is 11.7 Å². The summed E-state index contributed by atoms with van der Waals surface area (Å²) >= 11 is 1.21. The van der Waals surface area contributed by atoms with E-state index in [1.165, 1.54) is 36.0 Å². The number of amides is 2. The van der Waals surface area contributed by atoms with Gasteiger partial charge in [-0.15, -0.1) is 0 Å². The van der Waals surface area contributed by atoms with Gasteiger partial charge >= 0.3 is 0 Å². The first-order valence-electron chi connectivity index (χ1n) is 9.35. The van der Waals surface area contributed by atoms with Crippen molar-refractivity contribution in [1.82, 2.24) is 0 Å². The van der Waals surface area contributed by atoms with Crippen molar-refractivity contribution in [3.05, 3.63) is 90.7 Å². The van der Waals surface area contributed by atoms with E-state index < -0.39 is 11.1 Å². The zero-order valence-corrected chi connectivity index (χ0v) is 16.7. The number of rotatable bonds is 4. The third-order valence-corrected chi connectivity index (χ3v) is 5.53. The summed E-state index contributed by atoms with van der Waals surface area (Å²) in [6, 6.07) is 24.2. The highest BCUT2D eigenvalue weighted by atomic mass is 32.2. The molecular weight excluding hydrogens is 401 g/mol. The van der Waals surface area contributed by atoms with Crippen molar-refractivity contribution in [3.8, 4) is 0 Å². The highest BCUT2D eigenvalue weighted by Gasteiger charge is 2.40. The van der Waals surface area contributed by atoms with Crippen LogP contribution >= 0.6 is 11.8 Å². The second kappa shape index (κ2) is 8.92. The Balaban J connectivity index is 1.58. The second-order valence-corrected chi connectivity index (χ2v) is 7.79. The Morgan fingerprint density at radius 1 is 0.933 bits per heavy atom. The van der Waals surface area contributed by atoms with Gasteiger partial charge in [-0.25, -0.2) is 14.3 Å². The molecule has 3 aromatic carbocycles. The van der Waals surface area contributed by atoms with Gasteiger partial charge in [-0.05, 0) is 48.5 Å². The van der Waals surface area contributed by atoms with Gasteiger partial charge in [-0.3, -0.25) is 9.59 Å². The predicted octanol–water partition coefficient (Wildman–Crippen LogP) is 4.99. The number of nitrogens with zero attached hydrogens (tertiary/aromatic N) is 2. The van der Waals surface area contributed by atoms with Crippen molar-refractivity contribution in [2.75, 3.05) is 10.2 Å². The minimum absolute atomic E-state index is 0.0468. The topological polar surface area (TPSA) is 61.8 Å². The van der Waals surface area contributed by atoms with Gasteiger partial charge in [0.2, 0.25) is 11.8 Å². The Morgan fingerprint density at radius 3 is 2.23 bits per heavy atom. The minimum atomic E-state index is -0.624. The monoisotopic (exact) mass is 419 g/mol. The van der Waals surface area contributed by atoms with Crippen molar-refractivity contribution in [3.63, 3.8) is 0 Å². The summed E-state index contributed by atoms with van der Waals surface area (Å²) in [4.78, 5) is 31.2. The molecule has 4 rings (SSSR count). The maximum Gasteiger partial charge on any atom is 0.247 e. The molecule has 1 fully saturated rings. The lowest BCUT2D eigenvalue weighted by molar-refractivity contribution is -0.121. The number of hydrogen-bond acceptors (Lipinski definition) is 4.